The lowest BCUT2D eigenvalue weighted by molar-refractivity contribution is 0.0409. The van der Waals surface area contributed by atoms with Gasteiger partial charge in [-0.15, -0.1) is 0 Å². The number of rotatable bonds is 2. The van der Waals surface area contributed by atoms with Crippen molar-refractivity contribution in [1.29, 1.82) is 0 Å². The number of nitrogens with two attached hydrogens (primary N) is 1. The van der Waals surface area contributed by atoms with Crippen LogP contribution in [0.3, 0.4) is 0 Å². The summed E-state index contributed by atoms with van der Waals surface area (Å²) in [7, 11) is 2.09. The van der Waals surface area contributed by atoms with Crippen LogP contribution in [0.1, 0.15) is 24.3 Å². The van der Waals surface area contributed by atoms with E-state index in [0.717, 1.165) is 13.1 Å². The molecule has 1 amide bonds. The molecule has 19 heavy (non-hydrogen) atoms. The van der Waals surface area contributed by atoms with Gasteiger partial charge in [0.05, 0.1) is 5.69 Å². The number of aromatic nitrogens is 1. The molecule has 6 nitrogen and oxygen atoms in total. The average Bonchev–Trinajstić information content (AvgIpc) is 2.43. The fourth-order valence-electron chi connectivity index (χ4n) is 2.37. The molecule has 0 bridgehead atoms. The van der Waals surface area contributed by atoms with Crippen LogP contribution in [-0.2, 0) is 0 Å². The first kappa shape index (κ1) is 13.8. The van der Waals surface area contributed by atoms with Crippen LogP contribution in [0.25, 0.3) is 0 Å². The number of nitrogens with one attached hydrogen (secondary N) is 1. The molecule has 1 saturated heterocycles. The summed E-state index contributed by atoms with van der Waals surface area (Å²) in [6.45, 7) is 5.70. The van der Waals surface area contributed by atoms with Crippen molar-refractivity contribution in [2.45, 2.75) is 25.9 Å². The van der Waals surface area contributed by atoms with E-state index in [1.807, 2.05) is 4.90 Å². The van der Waals surface area contributed by atoms with Crippen molar-refractivity contribution in [3.8, 4) is 0 Å². The van der Waals surface area contributed by atoms with Gasteiger partial charge in [-0.3, -0.25) is 20.5 Å². The van der Waals surface area contributed by atoms with Crippen molar-refractivity contribution in [1.82, 2.24) is 14.8 Å². The quantitative estimate of drug-likeness (QED) is 0.601. The minimum Gasteiger partial charge on any atom is -0.334 e. The molecule has 2 heterocycles. The lowest BCUT2D eigenvalue weighted by Gasteiger charge is -2.42. The summed E-state index contributed by atoms with van der Waals surface area (Å²) < 4.78 is 0. The number of likely N-dealkylation sites (N-methyl/N-ethyl adjacent to an activating group) is 1. The smallest absolute Gasteiger partial charge is 0.272 e. The second-order valence-corrected chi connectivity index (χ2v) is 5.15. The Kier molecular flexibility index (Phi) is 4.01. The SMILES string of the molecule is CC1CN(C(=O)c2cc(NN)ccn2)CC(C)N1C. The zero-order valence-corrected chi connectivity index (χ0v) is 11.6. The first-order chi connectivity index (χ1) is 9.02. The summed E-state index contributed by atoms with van der Waals surface area (Å²) in [6, 6.07) is 4.11. The molecule has 1 aliphatic heterocycles. The highest BCUT2D eigenvalue weighted by Gasteiger charge is 2.30. The number of hydrazine groups is 1. The van der Waals surface area contributed by atoms with Crippen molar-refractivity contribution in [3.05, 3.63) is 24.0 Å². The summed E-state index contributed by atoms with van der Waals surface area (Å²) in [6.07, 6.45) is 1.59. The summed E-state index contributed by atoms with van der Waals surface area (Å²) in [5, 5.41) is 0. The number of carbonyl (C=O) groups is 1. The molecule has 0 saturated carbocycles. The maximum atomic E-state index is 12.4. The molecule has 0 aromatic carbocycles. The lowest BCUT2D eigenvalue weighted by atomic mass is 10.1. The summed E-state index contributed by atoms with van der Waals surface area (Å²) >= 11 is 0. The highest BCUT2D eigenvalue weighted by atomic mass is 16.2. The molecular formula is C13H21N5O. The molecule has 1 aliphatic rings. The van der Waals surface area contributed by atoms with Gasteiger partial charge in [-0.05, 0) is 33.0 Å². The monoisotopic (exact) mass is 263 g/mol. The second-order valence-electron chi connectivity index (χ2n) is 5.15. The number of anilines is 1. The van der Waals surface area contributed by atoms with E-state index in [9.17, 15) is 4.79 Å². The van der Waals surface area contributed by atoms with Crippen LogP contribution < -0.4 is 11.3 Å². The van der Waals surface area contributed by atoms with E-state index < -0.39 is 0 Å². The Hall–Kier alpha value is -1.66. The van der Waals surface area contributed by atoms with Crippen molar-refractivity contribution in [2.75, 3.05) is 25.6 Å². The van der Waals surface area contributed by atoms with Gasteiger partial charge < -0.3 is 10.3 Å². The Morgan fingerprint density at radius 2 is 2.05 bits per heavy atom. The Morgan fingerprint density at radius 3 is 2.63 bits per heavy atom. The molecule has 6 heteroatoms. The Labute approximate surface area is 113 Å². The van der Waals surface area contributed by atoms with Gasteiger partial charge in [0.1, 0.15) is 5.69 Å². The Balaban J connectivity index is 2.15. The fraction of sp³-hybridized carbons (Fsp3) is 0.538. The van der Waals surface area contributed by atoms with Crippen molar-refractivity contribution in [3.63, 3.8) is 0 Å². The van der Waals surface area contributed by atoms with E-state index in [0.29, 0.717) is 23.5 Å². The Bertz CT molecular complexity index is 452. The third-order valence-electron chi connectivity index (χ3n) is 3.79. The van der Waals surface area contributed by atoms with Crippen LogP contribution >= 0.6 is 0 Å². The molecule has 0 aliphatic carbocycles. The maximum absolute atomic E-state index is 12.4. The van der Waals surface area contributed by atoms with Crippen LogP contribution in [0.5, 0.6) is 0 Å². The minimum atomic E-state index is -0.0381. The number of hydrogen-bond acceptors (Lipinski definition) is 5. The van der Waals surface area contributed by atoms with Gasteiger partial charge in [-0.2, -0.15) is 0 Å². The molecule has 2 unspecified atom stereocenters. The summed E-state index contributed by atoms with van der Waals surface area (Å²) in [5.74, 6) is 5.31. The fourth-order valence-corrected chi connectivity index (χ4v) is 2.37. The lowest BCUT2D eigenvalue weighted by Crippen LogP contribution is -2.56. The molecule has 1 aromatic heterocycles. The van der Waals surface area contributed by atoms with Crippen molar-refractivity contribution in [2.24, 2.45) is 5.84 Å². The van der Waals surface area contributed by atoms with Crippen LogP contribution in [0, 0.1) is 0 Å². The molecule has 1 fully saturated rings. The largest absolute Gasteiger partial charge is 0.334 e. The standard InChI is InChI=1S/C13H21N5O/c1-9-7-18(8-10(2)17(9)3)13(19)12-6-11(16-14)4-5-15-12/h4-6,9-10H,7-8,14H2,1-3H3,(H,15,16). The topological polar surface area (TPSA) is 74.5 Å². The number of amides is 1. The third-order valence-corrected chi connectivity index (χ3v) is 3.79. The molecule has 0 radical (unpaired) electrons. The van der Waals surface area contributed by atoms with Gasteiger partial charge in [0.2, 0.25) is 0 Å². The van der Waals surface area contributed by atoms with Gasteiger partial charge in [-0.1, -0.05) is 0 Å². The van der Waals surface area contributed by atoms with Crippen molar-refractivity contribution < 1.29 is 4.79 Å². The van der Waals surface area contributed by atoms with E-state index in [1.54, 1.807) is 18.3 Å². The number of carbonyl (C=O) groups excluding carboxylic acids is 1. The second kappa shape index (κ2) is 5.54. The molecular weight excluding hydrogens is 242 g/mol. The van der Waals surface area contributed by atoms with E-state index in [-0.39, 0.29) is 5.91 Å². The first-order valence-electron chi connectivity index (χ1n) is 6.46. The summed E-state index contributed by atoms with van der Waals surface area (Å²) in [5.41, 5.74) is 3.65. The van der Waals surface area contributed by atoms with Crippen molar-refractivity contribution >= 4 is 11.6 Å². The van der Waals surface area contributed by atoms with E-state index in [1.165, 1.54) is 0 Å². The molecule has 0 spiro atoms. The van der Waals surface area contributed by atoms with Gasteiger partial charge in [0.25, 0.3) is 5.91 Å². The van der Waals surface area contributed by atoms with Gasteiger partial charge in [0, 0.05) is 31.4 Å². The number of piperazine rings is 1. The highest BCUT2D eigenvalue weighted by molar-refractivity contribution is 5.93. The predicted molar refractivity (Wildman–Crippen MR) is 74.6 cm³/mol. The molecule has 2 rings (SSSR count). The van der Waals surface area contributed by atoms with E-state index >= 15 is 0 Å². The Morgan fingerprint density at radius 1 is 1.42 bits per heavy atom. The number of nitrogen functional groups attached to an aromatic ring is 1. The third kappa shape index (κ3) is 2.85. The molecule has 3 N–H and O–H groups in total. The maximum Gasteiger partial charge on any atom is 0.272 e. The van der Waals surface area contributed by atoms with Gasteiger partial charge in [-0.25, -0.2) is 0 Å². The van der Waals surface area contributed by atoms with E-state index in [4.69, 9.17) is 5.84 Å². The molecule has 1 aromatic rings. The zero-order chi connectivity index (χ0) is 14.0. The number of hydrogen-bond donors (Lipinski definition) is 2. The highest BCUT2D eigenvalue weighted by Crippen LogP contribution is 2.16. The van der Waals surface area contributed by atoms with Gasteiger partial charge in [0.15, 0.2) is 0 Å². The van der Waals surface area contributed by atoms with Gasteiger partial charge >= 0.3 is 0 Å². The minimum absolute atomic E-state index is 0.0381. The average molecular weight is 263 g/mol. The number of pyridine rings is 1. The van der Waals surface area contributed by atoms with Crippen LogP contribution in [0.4, 0.5) is 5.69 Å². The normalized spacial score (nSPS) is 24.3. The molecule has 104 valence electrons. The molecule has 2 atom stereocenters. The first-order valence-corrected chi connectivity index (χ1v) is 6.46. The number of nitrogens with zero attached hydrogens (tertiary/aromatic N) is 3. The van der Waals surface area contributed by atoms with E-state index in [2.05, 4.69) is 36.2 Å². The van der Waals surface area contributed by atoms with Crippen LogP contribution in [0.2, 0.25) is 0 Å². The summed E-state index contributed by atoms with van der Waals surface area (Å²) in [4.78, 5) is 20.7. The zero-order valence-electron chi connectivity index (χ0n) is 11.6. The predicted octanol–water partition coefficient (Wildman–Crippen LogP) is 0.532. The van der Waals surface area contributed by atoms with Crippen LogP contribution in [0.15, 0.2) is 18.3 Å². The van der Waals surface area contributed by atoms with Crippen LogP contribution in [-0.4, -0.2) is 52.9 Å².